The van der Waals surface area contributed by atoms with Gasteiger partial charge in [-0.2, -0.15) is 13.5 Å². The van der Waals surface area contributed by atoms with Crippen LogP contribution in [0.1, 0.15) is 56.5 Å². The van der Waals surface area contributed by atoms with Gasteiger partial charge in [-0.3, -0.25) is 4.55 Å². The molecule has 3 fully saturated rings. The molecule has 2 aliphatic heterocycles. The fourth-order valence-electron chi connectivity index (χ4n) is 3.73. The lowest BCUT2D eigenvalue weighted by Crippen LogP contribution is -2.43. The van der Waals surface area contributed by atoms with E-state index in [1.54, 1.807) is 6.92 Å². The fraction of sp³-hybridized carbons (Fsp3) is 0.769. The summed E-state index contributed by atoms with van der Waals surface area (Å²) in [5, 5.41) is 18.3. The van der Waals surface area contributed by atoms with Crippen LogP contribution in [-0.2, 0) is 14.7 Å². The molecule has 4 rings (SSSR count). The molecule has 1 aliphatic carbocycles. The van der Waals surface area contributed by atoms with Crippen LogP contribution in [0.25, 0.3) is 0 Å². The molecule has 25 heavy (non-hydrogen) atoms. The molecule has 2 N–H and O–H groups in total. The summed E-state index contributed by atoms with van der Waals surface area (Å²) in [6.45, 7) is 2.01. The molecule has 1 aromatic heterocycles. The van der Waals surface area contributed by atoms with E-state index >= 15 is 0 Å². The summed E-state index contributed by atoms with van der Waals surface area (Å²) < 4.78 is 41.1. The highest BCUT2D eigenvalue weighted by molar-refractivity contribution is 7.80. The zero-order valence-electron chi connectivity index (χ0n) is 13.4. The number of aliphatic hydroxyl groups excluding tert-OH is 1. The third kappa shape index (κ3) is 2.69. The average molecular weight is 374 g/mol. The van der Waals surface area contributed by atoms with Crippen molar-refractivity contribution in [1.29, 1.82) is 0 Å². The van der Waals surface area contributed by atoms with Gasteiger partial charge in [0.1, 0.15) is 12.1 Å². The molecular formula is C13H18N4O7S. The molecule has 0 aromatic carbocycles. The lowest BCUT2D eigenvalue weighted by molar-refractivity contribution is -0.0530. The van der Waals surface area contributed by atoms with Gasteiger partial charge in [-0.15, -0.1) is 14.5 Å². The zero-order valence-corrected chi connectivity index (χ0v) is 14.2. The van der Waals surface area contributed by atoms with Crippen LogP contribution in [-0.4, -0.2) is 56.9 Å². The third-order valence-corrected chi connectivity index (χ3v) is 5.60. The maximum Gasteiger partial charge on any atom is 0.418 e. The fourth-order valence-corrected chi connectivity index (χ4v) is 4.10. The van der Waals surface area contributed by atoms with E-state index in [1.807, 2.05) is 0 Å². The van der Waals surface area contributed by atoms with Gasteiger partial charge in [0.2, 0.25) is 11.8 Å². The number of hydrogen-bond acceptors (Lipinski definition) is 8. The van der Waals surface area contributed by atoms with Crippen LogP contribution in [0, 0.1) is 5.41 Å². The van der Waals surface area contributed by atoms with Crippen LogP contribution in [0.3, 0.4) is 0 Å². The first-order valence-corrected chi connectivity index (χ1v) is 9.39. The molecule has 3 heterocycles. The molecule has 3 aliphatic rings. The standard InChI is InChI=1S/C13H18N4O7S/c1-2-8(18)11-15-14-10(23-11)7-5-13(3-4-13)9-6-16(7)12(19)17(9)24-25(20,21)22/h7-9,18H,2-6H2,1H3,(H,20,21,22)/t7-,8?,9-/m0/s1. The Bertz CT molecular complexity index is 805. The van der Waals surface area contributed by atoms with Crippen LogP contribution >= 0.6 is 0 Å². The number of piperidine rings is 1. The molecule has 1 spiro atoms. The number of hydroxylamine groups is 2. The van der Waals surface area contributed by atoms with Crippen molar-refractivity contribution in [3.05, 3.63) is 11.8 Å². The number of nitrogens with zero attached hydrogens (tertiary/aromatic N) is 4. The van der Waals surface area contributed by atoms with Gasteiger partial charge in [-0.05, 0) is 31.1 Å². The number of amides is 2. The first-order chi connectivity index (χ1) is 11.7. The first-order valence-electron chi connectivity index (χ1n) is 8.02. The van der Waals surface area contributed by atoms with Gasteiger partial charge in [0.05, 0.1) is 6.04 Å². The normalized spacial score (nSPS) is 28.7. The van der Waals surface area contributed by atoms with E-state index in [2.05, 4.69) is 14.5 Å². The molecule has 0 radical (unpaired) electrons. The maximum absolute atomic E-state index is 12.6. The zero-order chi connectivity index (χ0) is 18.0. The first kappa shape index (κ1) is 16.7. The third-order valence-electron chi connectivity index (χ3n) is 5.25. The minimum Gasteiger partial charge on any atom is -0.420 e. The van der Waals surface area contributed by atoms with Gasteiger partial charge in [-0.1, -0.05) is 6.92 Å². The number of rotatable bonds is 5. The molecule has 2 amide bonds. The lowest BCUT2D eigenvalue weighted by atomic mass is 9.85. The Kier molecular flexibility index (Phi) is 3.58. The molecule has 138 valence electrons. The highest BCUT2D eigenvalue weighted by Gasteiger charge is 2.64. The Labute approximate surface area is 143 Å². The molecular weight excluding hydrogens is 356 g/mol. The molecule has 2 saturated heterocycles. The highest BCUT2D eigenvalue weighted by Crippen LogP contribution is 2.61. The van der Waals surface area contributed by atoms with Crippen LogP contribution in [0.4, 0.5) is 4.79 Å². The van der Waals surface area contributed by atoms with E-state index in [4.69, 9.17) is 8.97 Å². The summed E-state index contributed by atoms with van der Waals surface area (Å²) in [7, 11) is -4.80. The monoisotopic (exact) mass is 374 g/mol. The van der Waals surface area contributed by atoms with Gasteiger partial charge >= 0.3 is 16.4 Å². The van der Waals surface area contributed by atoms with Crippen molar-refractivity contribution in [2.24, 2.45) is 5.41 Å². The van der Waals surface area contributed by atoms with E-state index < -0.39 is 34.6 Å². The van der Waals surface area contributed by atoms with E-state index in [9.17, 15) is 18.3 Å². The number of aliphatic hydroxyl groups is 1. The van der Waals surface area contributed by atoms with Crippen molar-refractivity contribution in [2.45, 2.75) is 50.8 Å². The Morgan fingerprint density at radius 2 is 2.16 bits per heavy atom. The van der Waals surface area contributed by atoms with Crippen molar-refractivity contribution in [1.82, 2.24) is 20.2 Å². The SMILES string of the molecule is CCC(O)c1nnc([C@@H]2CC3(CC3)[C@@H]3CN2C(=O)N3OS(=O)(=O)O)o1. The second-order valence-corrected chi connectivity index (χ2v) is 7.77. The second-order valence-electron chi connectivity index (χ2n) is 6.76. The van der Waals surface area contributed by atoms with Crippen molar-refractivity contribution in [3.8, 4) is 0 Å². The molecule has 12 heteroatoms. The average Bonchev–Trinajstić information content (AvgIpc) is 3.04. The van der Waals surface area contributed by atoms with Gasteiger partial charge in [0.25, 0.3) is 0 Å². The molecule has 1 saturated carbocycles. The summed E-state index contributed by atoms with van der Waals surface area (Å²) in [6, 6.07) is -1.65. The Hall–Kier alpha value is -1.76. The summed E-state index contributed by atoms with van der Waals surface area (Å²) in [6.07, 6.45) is 1.68. The number of urea groups is 1. The smallest absolute Gasteiger partial charge is 0.418 e. The van der Waals surface area contributed by atoms with E-state index in [-0.39, 0.29) is 23.7 Å². The number of carbonyl (C=O) groups excluding carboxylic acids is 1. The van der Waals surface area contributed by atoms with Gasteiger partial charge in [0, 0.05) is 6.54 Å². The van der Waals surface area contributed by atoms with Crippen LogP contribution in [0.5, 0.6) is 0 Å². The molecule has 1 unspecified atom stereocenters. The van der Waals surface area contributed by atoms with Crippen molar-refractivity contribution >= 4 is 16.4 Å². The van der Waals surface area contributed by atoms with Gasteiger partial charge < -0.3 is 14.4 Å². The minimum absolute atomic E-state index is 0.0853. The second kappa shape index (κ2) is 5.37. The van der Waals surface area contributed by atoms with E-state index in [0.717, 1.165) is 17.9 Å². The summed E-state index contributed by atoms with van der Waals surface area (Å²) in [5.41, 5.74) is -0.296. The molecule has 1 aromatic rings. The summed E-state index contributed by atoms with van der Waals surface area (Å²) in [4.78, 5) is 14.0. The lowest BCUT2D eigenvalue weighted by Gasteiger charge is -2.34. The highest BCUT2D eigenvalue weighted by atomic mass is 32.3. The van der Waals surface area contributed by atoms with Crippen LogP contribution < -0.4 is 0 Å². The molecule has 11 nitrogen and oxygen atoms in total. The number of carbonyl (C=O) groups is 1. The van der Waals surface area contributed by atoms with Crippen LogP contribution in [0.15, 0.2) is 4.42 Å². The van der Waals surface area contributed by atoms with E-state index in [1.165, 1.54) is 4.90 Å². The molecule has 3 atom stereocenters. The van der Waals surface area contributed by atoms with Crippen molar-refractivity contribution < 1.29 is 31.6 Å². The Morgan fingerprint density at radius 3 is 2.76 bits per heavy atom. The topological polar surface area (TPSA) is 146 Å². The molecule has 2 bridgehead atoms. The number of hydrogen-bond donors (Lipinski definition) is 2. The maximum atomic E-state index is 12.6. The van der Waals surface area contributed by atoms with Crippen molar-refractivity contribution in [2.75, 3.05) is 6.54 Å². The Morgan fingerprint density at radius 1 is 1.44 bits per heavy atom. The summed E-state index contributed by atoms with van der Waals surface area (Å²) >= 11 is 0. The van der Waals surface area contributed by atoms with Crippen molar-refractivity contribution in [3.63, 3.8) is 0 Å². The largest absolute Gasteiger partial charge is 0.420 e. The van der Waals surface area contributed by atoms with E-state index in [0.29, 0.717) is 12.8 Å². The number of fused-ring (bicyclic) bond motifs is 3. The minimum atomic E-state index is -4.80. The predicted molar refractivity (Wildman–Crippen MR) is 78.9 cm³/mol. The van der Waals surface area contributed by atoms with Crippen LogP contribution in [0.2, 0.25) is 0 Å². The summed E-state index contributed by atoms with van der Waals surface area (Å²) in [5.74, 6) is 0.288. The Balaban J connectivity index is 1.64. The number of aromatic nitrogens is 2. The van der Waals surface area contributed by atoms with Gasteiger partial charge in [-0.25, -0.2) is 4.79 Å². The predicted octanol–water partition coefficient (Wildman–Crippen LogP) is 0.579. The van der Waals surface area contributed by atoms with Gasteiger partial charge in [0.15, 0.2) is 0 Å². The quantitative estimate of drug-likeness (QED) is 0.706.